The molecule has 2 heterocycles. The van der Waals surface area contributed by atoms with Gasteiger partial charge in [0.1, 0.15) is 0 Å². The molecule has 3 rings (SSSR count). The zero-order valence-corrected chi connectivity index (χ0v) is 7.60. The van der Waals surface area contributed by atoms with Crippen molar-refractivity contribution in [3.8, 4) is 5.69 Å². The summed E-state index contributed by atoms with van der Waals surface area (Å²) in [7, 11) is 0. The Bertz CT molecular complexity index is 511. The van der Waals surface area contributed by atoms with Crippen LogP contribution in [0.15, 0.2) is 36.4 Å². The molecule has 0 radical (unpaired) electrons. The van der Waals surface area contributed by atoms with Gasteiger partial charge < -0.3 is 4.57 Å². The highest BCUT2D eigenvalue weighted by Crippen LogP contribution is 2.29. The van der Waals surface area contributed by atoms with E-state index in [1.165, 1.54) is 11.3 Å². The van der Waals surface area contributed by atoms with Crippen molar-refractivity contribution in [1.82, 2.24) is 4.57 Å². The monoisotopic (exact) mass is 183 g/mol. The van der Waals surface area contributed by atoms with Crippen molar-refractivity contribution < 1.29 is 4.79 Å². The van der Waals surface area contributed by atoms with E-state index in [0.717, 1.165) is 24.1 Å². The molecule has 1 aromatic carbocycles. The highest BCUT2D eigenvalue weighted by atomic mass is 16.1. The molecule has 1 aliphatic heterocycles. The predicted molar refractivity (Wildman–Crippen MR) is 54.0 cm³/mol. The van der Waals surface area contributed by atoms with E-state index in [1.54, 1.807) is 0 Å². The minimum Gasteiger partial charge on any atom is -0.311 e. The molecule has 0 amide bonds. The fraction of sp³-hybridized carbons (Fsp3) is 0.0833. The van der Waals surface area contributed by atoms with Crippen molar-refractivity contribution >= 4 is 6.29 Å². The van der Waals surface area contributed by atoms with Crippen LogP contribution in [0.5, 0.6) is 0 Å². The molecule has 0 saturated carbocycles. The van der Waals surface area contributed by atoms with Crippen LogP contribution in [-0.2, 0) is 6.42 Å². The molecule has 2 nitrogen and oxygen atoms in total. The maximum atomic E-state index is 10.8. The first-order valence-electron chi connectivity index (χ1n) is 4.64. The number of aldehydes is 1. The molecule has 0 bridgehead atoms. The number of rotatable bonds is 1. The van der Waals surface area contributed by atoms with Gasteiger partial charge in [-0.3, -0.25) is 4.79 Å². The lowest BCUT2D eigenvalue weighted by molar-refractivity contribution is 0.111. The van der Waals surface area contributed by atoms with Crippen LogP contribution in [0.1, 0.15) is 21.7 Å². The van der Waals surface area contributed by atoms with E-state index in [4.69, 9.17) is 0 Å². The third kappa shape index (κ3) is 0.826. The van der Waals surface area contributed by atoms with E-state index < -0.39 is 0 Å². The fourth-order valence-electron chi connectivity index (χ4n) is 2.09. The highest BCUT2D eigenvalue weighted by Gasteiger charge is 2.19. The van der Waals surface area contributed by atoms with Crippen molar-refractivity contribution in [2.45, 2.75) is 6.42 Å². The van der Waals surface area contributed by atoms with Gasteiger partial charge in [-0.25, -0.2) is 0 Å². The van der Waals surface area contributed by atoms with Crippen molar-refractivity contribution in [3.05, 3.63) is 53.3 Å². The van der Waals surface area contributed by atoms with Crippen molar-refractivity contribution in [2.75, 3.05) is 0 Å². The topological polar surface area (TPSA) is 22.0 Å². The summed E-state index contributed by atoms with van der Waals surface area (Å²) in [6, 6.07) is 12.1. The van der Waals surface area contributed by atoms with Gasteiger partial charge in [0.15, 0.2) is 6.29 Å². The number of carbonyl (C=O) groups is 1. The Balaban J connectivity index is 2.32. The van der Waals surface area contributed by atoms with Crippen LogP contribution < -0.4 is 0 Å². The molecule has 2 aromatic rings. The van der Waals surface area contributed by atoms with Gasteiger partial charge in [-0.05, 0) is 23.8 Å². The third-order valence-corrected chi connectivity index (χ3v) is 2.72. The first-order chi connectivity index (χ1) is 6.90. The second kappa shape index (κ2) is 2.58. The molecule has 0 aliphatic carbocycles. The van der Waals surface area contributed by atoms with Crippen LogP contribution in [0.25, 0.3) is 5.69 Å². The lowest BCUT2D eigenvalue weighted by atomic mass is 10.1. The van der Waals surface area contributed by atoms with Gasteiger partial charge in [0, 0.05) is 17.8 Å². The summed E-state index contributed by atoms with van der Waals surface area (Å²) in [5.74, 6) is 0. The minimum absolute atomic E-state index is 0.741. The lowest BCUT2D eigenvalue weighted by Gasteiger charge is -2.03. The lowest BCUT2D eigenvalue weighted by Crippen LogP contribution is -1.96. The molecule has 0 saturated heterocycles. The van der Waals surface area contributed by atoms with Crippen molar-refractivity contribution in [2.24, 2.45) is 0 Å². The molecule has 1 aromatic heterocycles. The number of fused-ring (bicyclic) bond motifs is 3. The molecule has 2 heteroatoms. The Hall–Kier alpha value is -1.83. The summed E-state index contributed by atoms with van der Waals surface area (Å²) in [4.78, 5) is 10.8. The van der Waals surface area contributed by atoms with Gasteiger partial charge in [-0.1, -0.05) is 18.2 Å². The van der Waals surface area contributed by atoms with E-state index in [0.29, 0.717) is 0 Å². The molecule has 0 fully saturated rings. The molecule has 14 heavy (non-hydrogen) atoms. The molecule has 1 aliphatic rings. The molecule has 0 atom stereocenters. The average Bonchev–Trinajstić information content (AvgIpc) is 2.75. The van der Waals surface area contributed by atoms with E-state index in [2.05, 4.69) is 12.1 Å². The zero-order valence-electron chi connectivity index (χ0n) is 7.60. The summed E-state index contributed by atoms with van der Waals surface area (Å²) in [6.45, 7) is 0. The minimum atomic E-state index is 0.741. The maximum absolute atomic E-state index is 10.8. The Morgan fingerprint density at radius 3 is 2.86 bits per heavy atom. The summed E-state index contributed by atoms with van der Waals surface area (Å²) in [5, 5.41) is 0. The van der Waals surface area contributed by atoms with Gasteiger partial charge >= 0.3 is 0 Å². The second-order valence-electron chi connectivity index (χ2n) is 3.51. The predicted octanol–water partition coefficient (Wildman–Crippen LogP) is 2.19. The number of hydrogen-bond acceptors (Lipinski definition) is 1. The zero-order chi connectivity index (χ0) is 9.54. The summed E-state index contributed by atoms with van der Waals surface area (Å²) >= 11 is 0. The summed E-state index contributed by atoms with van der Waals surface area (Å²) in [5.41, 5.74) is 4.39. The van der Waals surface area contributed by atoms with Crippen LogP contribution in [0.2, 0.25) is 0 Å². The number of para-hydroxylation sites is 1. The number of nitrogens with zero attached hydrogens (tertiary/aromatic N) is 1. The van der Waals surface area contributed by atoms with Crippen LogP contribution in [-0.4, -0.2) is 10.9 Å². The van der Waals surface area contributed by atoms with Gasteiger partial charge in [0.05, 0.1) is 5.69 Å². The number of benzene rings is 1. The Morgan fingerprint density at radius 1 is 1.14 bits per heavy atom. The summed E-state index contributed by atoms with van der Waals surface area (Å²) < 4.78 is 2.03. The van der Waals surface area contributed by atoms with E-state index >= 15 is 0 Å². The average molecular weight is 183 g/mol. The number of carbonyl (C=O) groups excluding carboxylic acids is 1. The molecule has 0 unspecified atom stereocenters. The Morgan fingerprint density at radius 2 is 2.00 bits per heavy atom. The molecule has 0 N–H and O–H groups in total. The van der Waals surface area contributed by atoms with Gasteiger partial charge in [0.25, 0.3) is 0 Å². The van der Waals surface area contributed by atoms with Gasteiger partial charge in [-0.15, -0.1) is 0 Å². The smallest absolute Gasteiger partial charge is 0.166 e. The highest BCUT2D eigenvalue weighted by molar-refractivity contribution is 5.75. The quantitative estimate of drug-likeness (QED) is 0.530. The first-order valence-corrected chi connectivity index (χ1v) is 4.64. The number of aromatic nitrogens is 1. The normalized spacial score (nSPS) is 12.3. The number of hydrogen-bond donors (Lipinski definition) is 0. The standard InChI is InChI=1S/C12H9NO/c14-8-11-6-5-10-7-9-3-1-2-4-12(9)13(10)11/h1-6,8H,7H2. The van der Waals surface area contributed by atoms with Crippen LogP contribution in [0.3, 0.4) is 0 Å². The largest absolute Gasteiger partial charge is 0.311 e. The summed E-state index contributed by atoms with van der Waals surface area (Å²) in [6.07, 6.45) is 1.84. The SMILES string of the molecule is O=Cc1ccc2n1-c1ccccc1C2. The Kier molecular flexibility index (Phi) is 1.39. The van der Waals surface area contributed by atoms with Gasteiger partial charge in [0.2, 0.25) is 0 Å². The van der Waals surface area contributed by atoms with E-state index in [9.17, 15) is 4.79 Å². The maximum Gasteiger partial charge on any atom is 0.166 e. The van der Waals surface area contributed by atoms with Crippen molar-refractivity contribution in [1.29, 1.82) is 0 Å². The second-order valence-corrected chi connectivity index (χ2v) is 3.51. The van der Waals surface area contributed by atoms with Gasteiger partial charge in [-0.2, -0.15) is 0 Å². The first kappa shape index (κ1) is 7.56. The molecule has 68 valence electrons. The van der Waals surface area contributed by atoms with E-state index in [1.807, 2.05) is 28.8 Å². The van der Waals surface area contributed by atoms with Crippen LogP contribution in [0, 0.1) is 0 Å². The molecular formula is C12H9NO. The van der Waals surface area contributed by atoms with E-state index in [-0.39, 0.29) is 0 Å². The third-order valence-electron chi connectivity index (χ3n) is 2.72. The van der Waals surface area contributed by atoms with Crippen LogP contribution >= 0.6 is 0 Å². The fourth-order valence-corrected chi connectivity index (χ4v) is 2.09. The van der Waals surface area contributed by atoms with Crippen molar-refractivity contribution in [3.63, 3.8) is 0 Å². The Labute approximate surface area is 81.8 Å². The molecule has 0 spiro atoms. The van der Waals surface area contributed by atoms with Crippen LogP contribution in [0.4, 0.5) is 0 Å². The molecular weight excluding hydrogens is 174 g/mol.